The third kappa shape index (κ3) is 4.68. The van der Waals surface area contributed by atoms with Gasteiger partial charge in [0.1, 0.15) is 6.04 Å². The molecule has 1 amide bonds. The molecule has 0 heterocycles. The van der Waals surface area contributed by atoms with E-state index in [-0.39, 0.29) is 5.56 Å². The molecule has 2 rings (SSSR count). The Morgan fingerprint density at radius 3 is 2.31 bits per heavy atom. The fourth-order valence-corrected chi connectivity index (χ4v) is 3.01. The van der Waals surface area contributed by atoms with E-state index in [4.69, 9.17) is 0 Å². The number of nitrogens with one attached hydrogen (secondary N) is 1. The number of ether oxygens (including phenoxy) is 1. The average Bonchev–Trinajstić information content (AvgIpc) is 2.61. The highest BCUT2D eigenvalue weighted by Crippen LogP contribution is 2.24. The van der Waals surface area contributed by atoms with Crippen molar-refractivity contribution in [3.63, 3.8) is 0 Å². The van der Waals surface area contributed by atoms with Crippen LogP contribution in [0.2, 0.25) is 0 Å². The summed E-state index contributed by atoms with van der Waals surface area (Å²) in [4.78, 5) is 24.4. The van der Waals surface area contributed by atoms with Gasteiger partial charge in [0.05, 0.1) is 18.9 Å². The first-order chi connectivity index (χ1) is 12.2. The maximum absolute atomic E-state index is 12.8. The van der Waals surface area contributed by atoms with Gasteiger partial charge in [0, 0.05) is 12.7 Å². The highest BCUT2D eigenvalue weighted by Gasteiger charge is 2.30. The van der Waals surface area contributed by atoms with E-state index < -0.39 is 27.9 Å². The van der Waals surface area contributed by atoms with Crippen LogP contribution < -0.4 is 5.32 Å². The number of nitrogens with zero attached hydrogens (tertiary/aromatic N) is 1. The van der Waals surface area contributed by atoms with Crippen LogP contribution in [0.4, 0.5) is 5.69 Å². The lowest BCUT2D eigenvalue weighted by atomic mass is 10.1. The van der Waals surface area contributed by atoms with E-state index in [1.165, 1.54) is 20.2 Å². The molecule has 0 aliphatic rings. The van der Waals surface area contributed by atoms with E-state index in [0.29, 0.717) is 11.3 Å². The smallest absolute Gasteiger partial charge is 0.337 e. The molecule has 0 unspecified atom stereocenters. The predicted molar refractivity (Wildman–Crippen MR) is 98.2 cm³/mol. The molecule has 0 bridgehead atoms. The van der Waals surface area contributed by atoms with E-state index in [2.05, 4.69) is 10.1 Å². The Balaban J connectivity index is 2.35. The number of carbonyl (C=O) groups is 2. The van der Waals surface area contributed by atoms with Crippen LogP contribution in [0.5, 0.6) is 0 Å². The molecular formula is C18H20N2O5S. The highest BCUT2D eigenvalue weighted by atomic mass is 32.2. The minimum Gasteiger partial charge on any atom is -0.465 e. The number of carbonyl (C=O) groups excluding carboxylic acids is 2. The van der Waals surface area contributed by atoms with Crippen LogP contribution in [0.15, 0.2) is 54.6 Å². The molecular weight excluding hydrogens is 356 g/mol. The van der Waals surface area contributed by atoms with Crippen molar-refractivity contribution in [2.24, 2.45) is 0 Å². The second-order valence-corrected chi connectivity index (χ2v) is 7.70. The van der Waals surface area contributed by atoms with Gasteiger partial charge in [-0.15, -0.1) is 0 Å². The van der Waals surface area contributed by atoms with Crippen molar-refractivity contribution < 1.29 is 22.7 Å². The second kappa shape index (κ2) is 8.11. The minimum atomic E-state index is -3.61. The number of sulfonamides is 1. The molecule has 0 radical (unpaired) electrons. The van der Waals surface area contributed by atoms with Gasteiger partial charge in [-0.3, -0.25) is 4.79 Å². The lowest BCUT2D eigenvalue weighted by Crippen LogP contribution is -2.38. The molecule has 138 valence electrons. The van der Waals surface area contributed by atoms with Crippen LogP contribution in [0, 0.1) is 0 Å². The number of methoxy groups -OCH3 is 1. The van der Waals surface area contributed by atoms with Crippen molar-refractivity contribution in [3.05, 3.63) is 65.7 Å². The van der Waals surface area contributed by atoms with Gasteiger partial charge < -0.3 is 10.1 Å². The summed E-state index contributed by atoms with van der Waals surface area (Å²) < 4.78 is 29.6. The van der Waals surface area contributed by atoms with Crippen LogP contribution in [-0.2, 0) is 19.6 Å². The zero-order chi connectivity index (χ0) is 19.3. The largest absolute Gasteiger partial charge is 0.465 e. The van der Waals surface area contributed by atoms with Crippen LogP contribution in [-0.4, -0.2) is 45.0 Å². The SMILES string of the molecule is COC(=O)c1cccc(NC(=O)[C@@H](c2ccccc2)N(C)S(C)(=O)=O)c1. The Morgan fingerprint density at radius 1 is 1.08 bits per heavy atom. The van der Waals surface area contributed by atoms with Gasteiger partial charge in [-0.05, 0) is 23.8 Å². The molecule has 2 aromatic rings. The van der Waals surface area contributed by atoms with Crippen molar-refractivity contribution in [2.75, 3.05) is 25.7 Å². The summed E-state index contributed by atoms with van der Waals surface area (Å²) in [5.74, 6) is -1.07. The molecule has 0 saturated carbocycles. The molecule has 1 N–H and O–H groups in total. The fraction of sp³-hybridized carbons (Fsp3) is 0.222. The third-order valence-corrected chi connectivity index (χ3v) is 5.06. The maximum Gasteiger partial charge on any atom is 0.337 e. The Labute approximate surface area is 152 Å². The van der Waals surface area contributed by atoms with Crippen LogP contribution in [0.25, 0.3) is 0 Å². The number of amides is 1. The number of anilines is 1. The fourth-order valence-electron chi connectivity index (χ4n) is 2.41. The summed E-state index contributed by atoms with van der Waals surface area (Å²) >= 11 is 0. The number of hydrogen-bond donors (Lipinski definition) is 1. The second-order valence-electron chi connectivity index (χ2n) is 5.65. The van der Waals surface area contributed by atoms with Crippen molar-refractivity contribution in [1.82, 2.24) is 4.31 Å². The molecule has 0 fully saturated rings. The van der Waals surface area contributed by atoms with Crippen molar-refractivity contribution in [1.29, 1.82) is 0 Å². The average molecular weight is 376 g/mol. The van der Waals surface area contributed by atoms with Gasteiger partial charge >= 0.3 is 5.97 Å². The van der Waals surface area contributed by atoms with Crippen molar-refractivity contribution in [2.45, 2.75) is 6.04 Å². The first-order valence-electron chi connectivity index (χ1n) is 7.71. The molecule has 2 aromatic carbocycles. The molecule has 7 nitrogen and oxygen atoms in total. The molecule has 1 atom stereocenters. The Hall–Kier alpha value is -2.71. The van der Waals surface area contributed by atoms with E-state index >= 15 is 0 Å². The van der Waals surface area contributed by atoms with Crippen molar-refractivity contribution >= 4 is 27.6 Å². The molecule has 0 aliphatic carbocycles. The minimum absolute atomic E-state index is 0.276. The summed E-state index contributed by atoms with van der Waals surface area (Å²) in [6.45, 7) is 0. The van der Waals surface area contributed by atoms with Crippen LogP contribution in [0.3, 0.4) is 0 Å². The zero-order valence-corrected chi connectivity index (χ0v) is 15.5. The van der Waals surface area contributed by atoms with E-state index in [1.54, 1.807) is 48.5 Å². The number of likely N-dealkylation sites (N-methyl/N-ethyl adjacent to an activating group) is 1. The van der Waals surface area contributed by atoms with Gasteiger partial charge in [-0.2, -0.15) is 4.31 Å². The zero-order valence-electron chi connectivity index (χ0n) is 14.7. The van der Waals surface area contributed by atoms with Gasteiger partial charge in [0.2, 0.25) is 15.9 Å². The topological polar surface area (TPSA) is 92.8 Å². The number of hydrogen-bond acceptors (Lipinski definition) is 5. The van der Waals surface area contributed by atoms with Gasteiger partial charge in [0.15, 0.2) is 0 Å². The monoisotopic (exact) mass is 376 g/mol. The molecule has 26 heavy (non-hydrogen) atoms. The van der Waals surface area contributed by atoms with Crippen LogP contribution in [0.1, 0.15) is 22.0 Å². The lowest BCUT2D eigenvalue weighted by molar-refractivity contribution is -0.119. The van der Waals surface area contributed by atoms with Crippen LogP contribution >= 0.6 is 0 Å². The summed E-state index contributed by atoms with van der Waals surface area (Å²) in [5, 5.41) is 2.66. The predicted octanol–water partition coefficient (Wildman–Crippen LogP) is 2.04. The summed E-state index contributed by atoms with van der Waals surface area (Å²) in [7, 11) is -1.01. The molecule has 0 spiro atoms. The molecule has 8 heteroatoms. The van der Waals surface area contributed by atoms with Gasteiger partial charge in [-0.25, -0.2) is 13.2 Å². The summed E-state index contributed by atoms with van der Waals surface area (Å²) in [5.41, 5.74) is 1.17. The number of rotatable bonds is 6. The maximum atomic E-state index is 12.8. The quantitative estimate of drug-likeness (QED) is 0.779. The Kier molecular flexibility index (Phi) is 6.12. The first kappa shape index (κ1) is 19.6. The standard InChI is InChI=1S/C18H20N2O5S/c1-20(26(3,23)24)16(13-8-5-4-6-9-13)17(21)19-15-11-7-10-14(12-15)18(22)25-2/h4-12,16H,1-3H3,(H,19,21)/t16-/m1/s1. The summed E-state index contributed by atoms with van der Waals surface area (Å²) in [6.07, 6.45) is 1.04. The first-order valence-corrected chi connectivity index (χ1v) is 9.56. The van der Waals surface area contributed by atoms with E-state index in [9.17, 15) is 18.0 Å². The normalized spacial score (nSPS) is 12.5. The third-order valence-electron chi connectivity index (χ3n) is 3.80. The molecule has 0 aromatic heterocycles. The Bertz CT molecular complexity index is 897. The molecule has 0 saturated heterocycles. The number of benzene rings is 2. The molecule has 0 aliphatic heterocycles. The highest BCUT2D eigenvalue weighted by molar-refractivity contribution is 7.88. The van der Waals surface area contributed by atoms with Crippen molar-refractivity contribution in [3.8, 4) is 0 Å². The summed E-state index contributed by atoms with van der Waals surface area (Å²) in [6, 6.07) is 13.8. The van der Waals surface area contributed by atoms with Gasteiger partial charge in [-0.1, -0.05) is 36.4 Å². The lowest BCUT2D eigenvalue weighted by Gasteiger charge is -2.25. The van der Waals surface area contributed by atoms with Gasteiger partial charge in [0.25, 0.3) is 0 Å². The van der Waals surface area contributed by atoms with E-state index in [1.807, 2.05) is 0 Å². The van der Waals surface area contributed by atoms with E-state index in [0.717, 1.165) is 10.6 Å². The Morgan fingerprint density at radius 2 is 1.73 bits per heavy atom. The number of esters is 1.